The molecule has 0 atom stereocenters. The Morgan fingerprint density at radius 1 is 0.923 bits per heavy atom. The first-order chi connectivity index (χ1) is 12.8. The van der Waals surface area contributed by atoms with Crippen molar-refractivity contribution < 1.29 is 14.3 Å². The summed E-state index contributed by atoms with van der Waals surface area (Å²) in [5, 5.41) is 4.32. The Morgan fingerprint density at radius 2 is 1.73 bits per heavy atom. The van der Waals surface area contributed by atoms with E-state index in [4.69, 9.17) is 9.47 Å². The summed E-state index contributed by atoms with van der Waals surface area (Å²) < 4.78 is 10.6. The average Bonchev–Trinajstić information content (AvgIpc) is 3.17. The normalized spacial score (nSPS) is 12.7. The number of nitrogens with one attached hydrogen (secondary N) is 1. The number of benzene rings is 2. The third-order valence-electron chi connectivity index (χ3n) is 3.86. The van der Waals surface area contributed by atoms with Crippen LogP contribution >= 0.6 is 0 Å². The zero-order valence-electron chi connectivity index (χ0n) is 13.8. The van der Waals surface area contributed by atoms with E-state index in [0.717, 1.165) is 5.56 Å². The fourth-order valence-electron chi connectivity index (χ4n) is 2.58. The maximum atomic E-state index is 12.5. The number of hydrazone groups is 1. The van der Waals surface area contributed by atoms with Gasteiger partial charge in [0.15, 0.2) is 11.5 Å². The molecular weight excluding hydrogens is 330 g/mol. The van der Waals surface area contributed by atoms with E-state index in [2.05, 4.69) is 15.5 Å². The maximum absolute atomic E-state index is 12.5. The molecule has 1 aromatic heterocycles. The first kappa shape index (κ1) is 15.8. The van der Waals surface area contributed by atoms with Crippen molar-refractivity contribution in [2.75, 3.05) is 6.79 Å². The molecule has 0 fully saturated rings. The molecule has 1 amide bonds. The predicted molar refractivity (Wildman–Crippen MR) is 96.3 cm³/mol. The smallest absolute Gasteiger partial charge is 0.271 e. The highest BCUT2D eigenvalue weighted by Gasteiger charge is 2.16. The van der Waals surface area contributed by atoms with Gasteiger partial charge in [-0.05, 0) is 30.3 Å². The van der Waals surface area contributed by atoms with Gasteiger partial charge in [-0.2, -0.15) is 5.10 Å². The highest BCUT2D eigenvalue weighted by molar-refractivity contribution is 6.12. The van der Waals surface area contributed by atoms with Gasteiger partial charge in [0.1, 0.15) is 5.71 Å². The van der Waals surface area contributed by atoms with Crippen molar-refractivity contribution in [2.45, 2.75) is 0 Å². The van der Waals surface area contributed by atoms with Crippen LogP contribution in [-0.4, -0.2) is 23.4 Å². The molecule has 26 heavy (non-hydrogen) atoms. The Kier molecular flexibility index (Phi) is 4.30. The van der Waals surface area contributed by atoms with Crippen LogP contribution in [0.2, 0.25) is 0 Å². The molecule has 0 bridgehead atoms. The summed E-state index contributed by atoms with van der Waals surface area (Å²) in [6.45, 7) is 0.163. The summed E-state index contributed by atoms with van der Waals surface area (Å²) in [5.74, 6) is 0.839. The van der Waals surface area contributed by atoms with E-state index in [0.29, 0.717) is 28.5 Å². The first-order valence-corrected chi connectivity index (χ1v) is 8.06. The Balaban J connectivity index is 1.62. The largest absolute Gasteiger partial charge is 0.454 e. The van der Waals surface area contributed by atoms with Gasteiger partial charge in [0.05, 0.1) is 5.69 Å². The summed E-state index contributed by atoms with van der Waals surface area (Å²) in [5.41, 5.74) is 5.15. The average molecular weight is 345 g/mol. The number of ether oxygens (including phenoxy) is 2. The molecule has 6 nitrogen and oxygen atoms in total. The molecule has 0 saturated heterocycles. The van der Waals surface area contributed by atoms with Crippen LogP contribution < -0.4 is 14.9 Å². The van der Waals surface area contributed by atoms with Crippen molar-refractivity contribution in [1.82, 2.24) is 10.4 Å². The Labute approximate surface area is 150 Å². The SMILES string of the molecule is O=C(N/N=C(\c1ccccc1)c1ccccn1)c1ccc2c(c1)OCO2. The third-order valence-corrected chi connectivity index (χ3v) is 3.86. The van der Waals surface area contributed by atoms with Crippen molar-refractivity contribution in [2.24, 2.45) is 5.10 Å². The highest BCUT2D eigenvalue weighted by atomic mass is 16.7. The van der Waals surface area contributed by atoms with Crippen molar-refractivity contribution in [3.63, 3.8) is 0 Å². The van der Waals surface area contributed by atoms with E-state index in [-0.39, 0.29) is 12.7 Å². The van der Waals surface area contributed by atoms with Crippen LogP contribution in [-0.2, 0) is 0 Å². The number of carbonyl (C=O) groups excluding carboxylic acids is 1. The number of rotatable bonds is 4. The van der Waals surface area contributed by atoms with Gasteiger partial charge in [0.25, 0.3) is 5.91 Å². The Morgan fingerprint density at radius 3 is 2.54 bits per heavy atom. The molecule has 0 unspecified atom stereocenters. The zero-order chi connectivity index (χ0) is 17.8. The highest BCUT2D eigenvalue weighted by Crippen LogP contribution is 2.32. The Hall–Kier alpha value is -3.67. The van der Waals surface area contributed by atoms with E-state index < -0.39 is 0 Å². The minimum absolute atomic E-state index is 0.163. The van der Waals surface area contributed by atoms with E-state index in [1.807, 2.05) is 48.5 Å². The second-order valence-corrected chi connectivity index (χ2v) is 5.55. The summed E-state index contributed by atoms with van der Waals surface area (Å²) in [7, 11) is 0. The quantitative estimate of drug-likeness (QED) is 0.583. The van der Waals surface area contributed by atoms with Crippen molar-refractivity contribution >= 4 is 11.6 Å². The number of nitrogens with zero attached hydrogens (tertiary/aromatic N) is 2. The lowest BCUT2D eigenvalue weighted by molar-refractivity contribution is 0.0954. The molecule has 2 heterocycles. The van der Waals surface area contributed by atoms with Crippen LogP contribution in [0.4, 0.5) is 0 Å². The van der Waals surface area contributed by atoms with Crippen LogP contribution in [0.5, 0.6) is 11.5 Å². The molecule has 6 heteroatoms. The van der Waals surface area contributed by atoms with Gasteiger partial charge in [-0.15, -0.1) is 0 Å². The lowest BCUT2D eigenvalue weighted by Gasteiger charge is -2.07. The fraction of sp³-hybridized carbons (Fsp3) is 0.0500. The van der Waals surface area contributed by atoms with E-state index in [1.54, 1.807) is 24.4 Å². The molecule has 128 valence electrons. The van der Waals surface area contributed by atoms with Gasteiger partial charge in [0.2, 0.25) is 6.79 Å². The van der Waals surface area contributed by atoms with Crippen molar-refractivity contribution in [3.8, 4) is 11.5 Å². The number of amides is 1. The predicted octanol–water partition coefficient (Wildman–Crippen LogP) is 2.99. The molecule has 0 spiro atoms. The molecule has 2 aromatic carbocycles. The number of hydrogen-bond acceptors (Lipinski definition) is 5. The Bertz CT molecular complexity index is 915. The van der Waals surface area contributed by atoms with Gasteiger partial charge >= 0.3 is 0 Å². The second kappa shape index (κ2) is 7.06. The fourth-order valence-corrected chi connectivity index (χ4v) is 2.58. The van der Waals surface area contributed by atoms with Crippen molar-refractivity contribution in [1.29, 1.82) is 0 Å². The summed E-state index contributed by atoms with van der Waals surface area (Å²) in [4.78, 5) is 16.8. The number of hydrogen-bond donors (Lipinski definition) is 1. The summed E-state index contributed by atoms with van der Waals surface area (Å²) in [6.07, 6.45) is 1.69. The standard InChI is InChI=1S/C20H15N3O3/c24-20(15-9-10-17-18(12-15)26-13-25-17)23-22-19(14-6-2-1-3-7-14)16-8-4-5-11-21-16/h1-12H,13H2,(H,23,24)/b22-19+. The lowest BCUT2D eigenvalue weighted by atomic mass is 10.1. The van der Waals surface area contributed by atoms with Crippen LogP contribution in [0.25, 0.3) is 0 Å². The van der Waals surface area contributed by atoms with Gasteiger partial charge in [-0.3, -0.25) is 9.78 Å². The minimum Gasteiger partial charge on any atom is -0.454 e. The number of aromatic nitrogens is 1. The van der Waals surface area contributed by atoms with Gasteiger partial charge in [-0.25, -0.2) is 5.43 Å². The molecular formula is C20H15N3O3. The van der Waals surface area contributed by atoms with Gasteiger partial charge < -0.3 is 9.47 Å². The van der Waals surface area contributed by atoms with Crippen LogP contribution in [0, 0.1) is 0 Å². The zero-order valence-corrected chi connectivity index (χ0v) is 13.8. The van der Waals surface area contributed by atoms with Crippen molar-refractivity contribution in [3.05, 3.63) is 89.7 Å². The van der Waals surface area contributed by atoms with Crippen LogP contribution in [0.1, 0.15) is 21.6 Å². The summed E-state index contributed by atoms with van der Waals surface area (Å²) in [6, 6.07) is 20.1. The number of carbonyl (C=O) groups is 1. The maximum Gasteiger partial charge on any atom is 0.271 e. The second-order valence-electron chi connectivity index (χ2n) is 5.55. The molecule has 4 rings (SSSR count). The van der Waals surface area contributed by atoms with E-state index in [1.165, 1.54) is 0 Å². The molecule has 1 N–H and O–H groups in total. The molecule has 0 aliphatic carbocycles. The summed E-state index contributed by atoms with van der Waals surface area (Å²) >= 11 is 0. The monoisotopic (exact) mass is 345 g/mol. The molecule has 0 radical (unpaired) electrons. The third kappa shape index (κ3) is 3.25. The topological polar surface area (TPSA) is 72.8 Å². The van der Waals surface area contributed by atoms with Gasteiger partial charge in [-0.1, -0.05) is 36.4 Å². The molecule has 1 aliphatic rings. The molecule has 0 saturated carbocycles. The van der Waals surface area contributed by atoms with Gasteiger partial charge in [0, 0.05) is 17.3 Å². The number of fused-ring (bicyclic) bond motifs is 1. The van der Waals surface area contributed by atoms with E-state index >= 15 is 0 Å². The van der Waals surface area contributed by atoms with E-state index in [9.17, 15) is 4.79 Å². The lowest BCUT2D eigenvalue weighted by Crippen LogP contribution is -2.21. The minimum atomic E-state index is -0.340. The van der Waals surface area contributed by atoms with Crippen LogP contribution in [0.15, 0.2) is 78.0 Å². The molecule has 3 aromatic rings. The van der Waals surface area contributed by atoms with Crippen LogP contribution in [0.3, 0.4) is 0 Å². The first-order valence-electron chi connectivity index (χ1n) is 8.06. The molecule has 1 aliphatic heterocycles. The number of pyridine rings is 1.